The predicted octanol–water partition coefficient (Wildman–Crippen LogP) is 4.68. The van der Waals surface area contributed by atoms with Crippen molar-refractivity contribution >= 4 is 33.0 Å². The third kappa shape index (κ3) is 3.88. The van der Waals surface area contributed by atoms with Crippen LogP contribution in [0.1, 0.15) is 16.4 Å². The highest BCUT2D eigenvalue weighted by Crippen LogP contribution is 2.32. The van der Waals surface area contributed by atoms with E-state index in [1.165, 1.54) is 6.08 Å². The molecule has 0 aliphatic heterocycles. The summed E-state index contributed by atoms with van der Waals surface area (Å²) in [5.41, 5.74) is 1.34. The molecule has 5 heteroatoms. The number of benzene rings is 2. The van der Waals surface area contributed by atoms with Gasteiger partial charge in [-0.2, -0.15) is 0 Å². The summed E-state index contributed by atoms with van der Waals surface area (Å²) < 4.78 is 25.1. The smallest absolute Gasteiger partial charge is 0.165 e. The third-order valence-corrected chi connectivity index (χ3v) is 5.52. The van der Waals surface area contributed by atoms with Crippen molar-refractivity contribution in [1.82, 2.24) is 0 Å². The van der Waals surface area contributed by atoms with Crippen LogP contribution in [0, 0.1) is 0 Å². The van der Waals surface area contributed by atoms with Gasteiger partial charge in [0.05, 0.1) is 5.75 Å². The molecular weight excluding hydrogens is 327 g/mol. The van der Waals surface area contributed by atoms with E-state index >= 15 is 0 Å². The first kappa shape index (κ1) is 16.1. The lowest BCUT2D eigenvalue weighted by atomic mass is 10.0. The standard InChI is InChI=1S/C16H14Cl2O2S/c1-2-11-21(19,20)16(12-3-7-14(17)8-4-12)13-5-9-15(18)10-6-13/h2-10,16H,1,11H2. The second kappa shape index (κ2) is 6.65. The molecule has 0 N–H and O–H groups in total. The zero-order chi connectivity index (χ0) is 15.5. The number of halogens is 2. The highest BCUT2D eigenvalue weighted by atomic mass is 35.5. The number of rotatable bonds is 5. The molecule has 0 atom stereocenters. The van der Waals surface area contributed by atoms with Crippen molar-refractivity contribution in [2.75, 3.05) is 5.75 Å². The van der Waals surface area contributed by atoms with Crippen molar-refractivity contribution in [2.24, 2.45) is 0 Å². The Bertz CT molecular complexity index is 674. The summed E-state index contributed by atoms with van der Waals surface area (Å²) in [7, 11) is -3.41. The molecule has 0 saturated carbocycles. The van der Waals surface area contributed by atoms with E-state index < -0.39 is 15.1 Å². The van der Waals surface area contributed by atoms with E-state index in [0.29, 0.717) is 21.2 Å². The lowest BCUT2D eigenvalue weighted by molar-refractivity contribution is 0.592. The van der Waals surface area contributed by atoms with Crippen LogP contribution in [0.4, 0.5) is 0 Å². The summed E-state index contributed by atoms with van der Waals surface area (Å²) in [5.74, 6) is -0.0943. The summed E-state index contributed by atoms with van der Waals surface area (Å²) in [6.07, 6.45) is 1.40. The molecular formula is C16H14Cl2O2S. The molecule has 0 bridgehead atoms. The van der Waals surface area contributed by atoms with Gasteiger partial charge in [0.1, 0.15) is 5.25 Å². The van der Waals surface area contributed by atoms with E-state index in [-0.39, 0.29) is 5.75 Å². The Hall–Kier alpha value is -1.29. The van der Waals surface area contributed by atoms with Crippen molar-refractivity contribution in [1.29, 1.82) is 0 Å². The second-order valence-corrected chi connectivity index (χ2v) is 7.60. The number of hydrogen-bond donors (Lipinski definition) is 0. The lowest BCUT2D eigenvalue weighted by Crippen LogP contribution is -2.17. The van der Waals surface area contributed by atoms with Gasteiger partial charge < -0.3 is 0 Å². The molecule has 21 heavy (non-hydrogen) atoms. The zero-order valence-corrected chi connectivity index (χ0v) is 13.5. The van der Waals surface area contributed by atoms with Gasteiger partial charge in [-0.25, -0.2) is 8.42 Å². The summed E-state index contributed by atoms with van der Waals surface area (Å²) in [6.45, 7) is 3.52. The first-order valence-corrected chi connectivity index (χ1v) is 8.74. The molecule has 0 unspecified atom stereocenters. The van der Waals surface area contributed by atoms with Crippen molar-refractivity contribution in [3.63, 3.8) is 0 Å². The van der Waals surface area contributed by atoms with Gasteiger partial charge in [0.2, 0.25) is 0 Å². The minimum atomic E-state index is -3.41. The monoisotopic (exact) mass is 340 g/mol. The lowest BCUT2D eigenvalue weighted by Gasteiger charge is -2.18. The van der Waals surface area contributed by atoms with Crippen LogP contribution >= 0.6 is 23.2 Å². The molecule has 2 aromatic rings. The van der Waals surface area contributed by atoms with Crippen molar-refractivity contribution in [2.45, 2.75) is 5.25 Å². The average Bonchev–Trinajstić information content (AvgIpc) is 2.43. The van der Waals surface area contributed by atoms with Crippen LogP contribution < -0.4 is 0 Å². The number of hydrogen-bond acceptors (Lipinski definition) is 2. The fraction of sp³-hybridized carbons (Fsp3) is 0.125. The SMILES string of the molecule is C=CCS(=O)(=O)C(c1ccc(Cl)cc1)c1ccc(Cl)cc1. The Morgan fingerprint density at radius 1 is 0.905 bits per heavy atom. The summed E-state index contributed by atoms with van der Waals surface area (Å²) in [6, 6.07) is 13.6. The highest BCUT2D eigenvalue weighted by molar-refractivity contribution is 7.92. The van der Waals surface area contributed by atoms with Crippen molar-refractivity contribution in [3.05, 3.63) is 82.4 Å². The molecule has 2 aromatic carbocycles. The van der Waals surface area contributed by atoms with E-state index in [1.54, 1.807) is 48.5 Å². The van der Waals surface area contributed by atoms with Crippen molar-refractivity contribution in [3.8, 4) is 0 Å². The second-order valence-electron chi connectivity index (χ2n) is 4.60. The largest absolute Gasteiger partial charge is 0.228 e. The maximum atomic E-state index is 12.6. The maximum absolute atomic E-state index is 12.6. The normalized spacial score (nSPS) is 11.6. The molecule has 0 aliphatic carbocycles. The Balaban J connectivity index is 2.56. The molecule has 0 saturated heterocycles. The predicted molar refractivity (Wildman–Crippen MR) is 88.7 cm³/mol. The fourth-order valence-electron chi connectivity index (χ4n) is 2.14. The first-order valence-electron chi connectivity index (χ1n) is 6.27. The number of sulfone groups is 1. The summed E-state index contributed by atoms with van der Waals surface area (Å²) >= 11 is 11.8. The molecule has 0 amide bonds. The van der Waals surface area contributed by atoms with E-state index in [2.05, 4.69) is 6.58 Å². The van der Waals surface area contributed by atoms with Gasteiger partial charge in [-0.05, 0) is 35.4 Å². The van der Waals surface area contributed by atoms with E-state index in [0.717, 1.165) is 0 Å². The molecule has 2 nitrogen and oxygen atoms in total. The van der Waals surface area contributed by atoms with Crippen LogP contribution in [-0.4, -0.2) is 14.2 Å². The van der Waals surface area contributed by atoms with Crippen LogP contribution in [0.5, 0.6) is 0 Å². The van der Waals surface area contributed by atoms with Gasteiger partial charge in [0.25, 0.3) is 0 Å². The van der Waals surface area contributed by atoms with Gasteiger partial charge in [0, 0.05) is 10.0 Å². The molecule has 0 aromatic heterocycles. The Morgan fingerprint density at radius 2 is 1.29 bits per heavy atom. The van der Waals surface area contributed by atoms with E-state index in [4.69, 9.17) is 23.2 Å². The first-order chi connectivity index (χ1) is 9.94. The third-order valence-electron chi connectivity index (χ3n) is 3.05. The Kier molecular flexibility index (Phi) is 5.09. The van der Waals surface area contributed by atoms with Crippen LogP contribution in [0.3, 0.4) is 0 Å². The van der Waals surface area contributed by atoms with Crippen molar-refractivity contribution < 1.29 is 8.42 Å². The zero-order valence-electron chi connectivity index (χ0n) is 11.2. The van der Waals surface area contributed by atoms with Gasteiger partial charge in [-0.3, -0.25) is 0 Å². The minimum absolute atomic E-state index is 0.0943. The highest BCUT2D eigenvalue weighted by Gasteiger charge is 2.27. The van der Waals surface area contributed by atoms with Crippen LogP contribution in [0.15, 0.2) is 61.2 Å². The van der Waals surface area contributed by atoms with Gasteiger partial charge in [-0.1, -0.05) is 53.5 Å². The van der Waals surface area contributed by atoms with E-state index in [1.807, 2.05) is 0 Å². The molecule has 0 aliphatic rings. The fourth-order valence-corrected chi connectivity index (χ4v) is 4.06. The van der Waals surface area contributed by atoms with Crippen LogP contribution in [0.2, 0.25) is 10.0 Å². The molecule has 110 valence electrons. The maximum Gasteiger partial charge on any atom is 0.165 e. The molecule has 0 heterocycles. The van der Waals surface area contributed by atoms with E-state index in [9.17, 15) is 8.42 Å². The van der Waals surface area contributed by atoms with Gasteiger partial charge in [0.15, 0.2) is 9.84 Å². The molecule has 2 rings (SSSR count). The van der Waals surface area contributed by atoms with Crippen LogP contribution in [-0.2, 0) is 9.84 Å². The average molecular weight is 341 g/mol. The molecule has 0 radical (unpaired) electrons. The topological polar surface area (TPSA) is 34.1 Å². The molecule has 0 fully saturated rings. The summed E-state index contributed by atoms with van der Waals surface area (Å²) in [4.78, 5) is 0. The Labute approximate surface area is 134 Å². The minimum Gasteiger partial charge on any atom is -0.228 e. The summed E-state index contributed by atoms with van der Waals surface area (Å²) in [5, 5.41) is 0.370. The van der Waals surface area contributed by atoms with Gasteiger partial charge >= 0.3 is 0 Å². The quantitative estimate of drug-likeness (QED) is 0.740. The van der Waals surface area contributed by atoms with Crippen LogP contribution in [0.25, 0.3) is 0 Å². The Morgan fingerprint density at radius 3 is 1.62 bits per heavy atom. The molecule has 0 spiro atoms. The van der Waals surface area contributed by atoms with Gasteiger partial charge in [-0.15, -0.1) is 6.58 Å².